The van der Waals surface area contributed by atoms with Gasteiger partial charge in [0, 0.05) is 13.1 Å². The second-order valence-corrected chi connectivity index (χ2v) is 3.96. The molecule has 96 valence electrons. The highest BCUT2D eigenvalue weighted by Gasteiger charge is 2.05. The highest BCUT2D eigenvalue weighted by Crippen LogP contribution is 2.10. The number of aromatic nitrogens is 2. The van der Waals surface area contributed by atoms with Crippen LogP contribution >= 0.6 is 0 Å². The average Bonchev–Trinajstić information content (AvgIpc) is 2.28. The highest BCUT2D eigenvalue weighted by molar-refractivity contribution is 5.36. The number of nitrogens with one attached hydrogen (secondary N) is 1. The van der Waals surface area contributed by atoms with Gasteiger partial charge in [-0.25, -0.2) is 14.4 Å². The first-order valence-electron chi connectivity index (χ1n) is 5.54. The van der Waals surface area contributed by atoms with E-state index < -0.39 is 5.82 Å². The van der Waals surface area contributed by atoms with Crippen molar-refractivity contribution in [3.8, 4) is 0 Å². The van der Waals surface area contributed by atoms with Gasteiger partial charge in [0.2, 0.25) is 0 Å². The van der Waals surface area contributed by atoms with E-state index in [2.05, 4.69) is 15.3 Å². The topological polar surface area (TPSA) is 50.3 Å². The number of rotatable bonds is 7. The third-order valence-corrected chi connectivity index (χ3v) is 2.19. The quantitative estimate of drug-likeness (QED) is 0.720. The summed E-state index contributed by atoms with van der Waals surface area (Å²) in [5.41, 5.74) is 0.344. The Bertz CT molecular complexity index is 346. The Balaban J connectivity index is 2.20. The minimum absolute atomic E-state index is 0.230. The van der Waals surface area contributed by atoms with Crippen LogP contribution in [0, 0.1) is 12.7 Å². The molecule has 1 aromatic heterocycles. The zero-order valence-electron chi connectivity index (χ0n) is 10.5. The maximum Gasteiger partial charge on any atom is 0.186 e. The molecule has 0 fully saturated rings. The Morgan fingerprint density at radius 3 is 2.82 bits per heavy atom. The largest absolute Gasteiger partial charge is 0.378 e. The molecule has 1 rings (SSSR count). The molecule has 0 atom stereocenters. The van der Waals surface area contributed by atoms with Gasteiger partial charge in [0.15, 0.2) is 11.6 Å². The van der Waals surface area contributed by atoms with E-state index in [0.717, 1.165) is 6.54 Å². The molecule has 0 aromatic carbocycles. The second kappa shape index (κ2) is 7.13. The Hall–Kier alpha value is -1.27. The Labute approximate surface area is 101 Å². The third-order valence-electron chi connectivity index (χ3n) is 2.19. The molecule has 1 N–H and O–H groups in total. The molecular weight excluding hydrogens is 223 g/mol. The predicted octanol–water partition coefficient (Wildman–Crippen LogP) is 0.914. The summed E-state index contributed by atoms with van der Waals surface area (Å²) in [6.07, 6.45) is 1.34. The van der Waals surface area contributed by atoms with Gasteiger partial charge in [-0.3, -0.25) is 0 Å². The summed E-state index contributed by atoms with van der Waals surface area (Å²) in [6.45, 7) is 4.20. The van der Waals surface area contributed by atoms with E-state index in [0.29, 0.717) is 25.5 Å². The van der Waals surface area contributed by atoms with Crippen molar-refractivity contribution in [3.05, 3.63) is 17.8 Å². The molecule has 0 aliphatic carbocycles. The van der Waals surface area contributed by atoms with E-state index in [1.807, 2.05) is 19.0 Å². The summed E-state index contributed by atoms with van der Waals surface area (Å²) in [6, 6.07) is 0. The monoisotopic (exact) mass is 242 g/mol. The molecule has 0 bridgehead atoms. The van der Waals surface area contributed by atoms with Crippen molar-refractivity contribution in [2.45, 2.75) is 6.92 Å². The Morgan fingerprint density at radius 2 is 2.12 bits per heavy atom. The fourth-order valence-electron chi connectivity index (χ4n) is 1.17. The minimum Gasteiger partial charge on any atom is -0.378 e. The van der Waals surface area contributed by atoms with Crippen molar-refractivity contribution < 1.29 is 9.13 Å². The smallest absolute Gasteiger partial charge is 0.186 e. The molecule has 1 aromatic rings. The van der Waals surface area contributed by atoms with Gasteiger partial charge in [0.25, 0.3) is 0 Å². The number of nitrogens with zero attached hydrogens (tertiary/aromatic N) is 3. The average molecular weight is 242 g/mol. The van der Waals surface area contributed by atoms with Gasteiger partial charge in [-0.2, -0.15) is 0 Å². The SMILES string of the molecule is Cc1ncnc(NCCOCCN(C)C)c1F. The van der Waals surface area contributed by atoms with Gasteiger partial charge < -0.3 is 15.0 Å². The highest BCUT2D eigenvalue weighted by atomic mass is 19.1. The number of ether oxygens (including phenoxy) is 1. The van der Waals surface area contributed by atoms with Crippen LogP contribution in [0.5, 0.6) is 0 Å². The van der Waals surface area contributed by atoms with Crippen molar-refractivity contribution in [2.75, 3.05) is 45.7 Å². The van der Waals surface area contributed by atoms with E-state index in [9.17, 15) is 4.39 Å². The van der Waals surface area contributed by atoms with E-state index in [4.69, 9.17) is 4.74 Å². The Kier molecular flexibility index (Phi) is 5.79. The van der Waals surface area contributed by atoms with E-state index in [1.54, 1.807) is 6.92 Å². The lowest BCUT2D eigenvalue weighted by Gasteiger charge is -2.10. The van der Waals surface area contributed by atoms with Gasteiger partial charge in [0.1, 0.15) is 6.33 Å². The van der Waals surface area contributed by atoms with Crippen LogP contribution in [0.2, 0.25) is 0 Å². The number of halogens is 1. The summed E-state index contributed by atoms with van der Waals surface area (Å²) in [4.78, 5) is 9.62. The van der Waals surface area contributed by atoms with Gasteiger partial charge in [0.05, 0.1) is 18.9 Å². The fraction of sp³-hybridized carbons (Fsp3) is 0.636. The minimum atomic E-state index is -0.402. The van der Waals surface area contributed by atoms with Crippen molar-refractivity contribution in [1.82, 2.24) is 14.9 Å². The summed E-state index contributed by atoms with van der Waals surface area (Å²) in [7, 11) is 3.97. The summed E-state index contributed by atoms with van der Waals surface area (Å²) >= 11 is 0. The van der Waals surface area contributed by atoms with Gasteiger partial charge in [-0.05, 0) is 21.0 Å². The van der Waals surface area contributed by atoms with Crippen LogP contribution in [0.15, 0.2) is 6.33 Å². The summed E-state index contributed by atoms with van der Waals surface area (Å²) in [5.74, 6) is -0.172. The molecule has 0 amide bonds. The van der Waals surface area contributed by atoms with Gasteiger partial charge >= 0.3 is 0 Å². The van der Waals surface area contributed by atoms with Crippen molar-refractivity contribution in [2.24, 2.45) is 0 Å². The summed E-state index contributed by atoms with van der Waals surface area (Å²) in [5, 5.41) is 2.88. The Morgan fingerprint density at radius 1 is 1.35 bits per heavy atom. The number of likely N-dealkylation sites (N-methyl/N-ethyl adjacent to an activating group) is 1. The van der Waals surface area contributed by atoms with Crippen LogP contribution in [0.4, 0.5) is 10.2 Å². The number of anilines is 1. The van der Waals surface area contributed by atoms with Crippen LogP contribution in [0.3, 0.4) is 0 Å². The summed E-state index contributed by atoms with van der Waals surface area (Å²) < 4.78 is 18.8. The van der Waals surface area contributed by atoms with Gasteiger partial charge in [-0.1, -0.05) is 0 Å². The standard InChI is InChI=1S/C11H19FN4O/c1-9-10(12)11(15-8-14-9)13-4-6-17-7-5-16(2)3/h8H,4-7H2,1-3H3,(H,13,14,15). The lowest BCUT2D eigenvalue weighted by atomic mass is 10.4. The van der Waals surface area contributed by atoms with Crippen LogP contribution < -0.4 is 5.32 Å². The molecule has 0 aliphatic heterocycles. The maximum absolute atomic E-state index is 13.4. The first-order chi connectivity index (χ1) is 8.11. The van der Waals surface area contributed by atoms with Crippen LogP contribution in [-0.4, -0.2) is 55.3 Å². The fourth-order valence-corrected chi connectivity index (χ4v) is 1.17. The molecule has 0 spiro atoms. The number of hydrogen-bond donors (Lipinski definition) is 1. The van der Waals surface area contributed by atoms with Crippen molar-refractivity contribution >= 4 is 5.82 Å². The molecule has 0 saturated carbocycles. The molecule has 6 heteroatoms. The lowest BCUT2D eigenvalue weighted by Crippen LogP contribution is -2.20. The number of aryl methyl sites for hydroxylation is 1. The van der Waals surface area contributed by atoms with Crippen molar-refractivity contribution in [1.29, 1.82) is 0 Å². The molecule has 5 nitrogen and oxygen atoms in total. The van der Waals surface area contributed by atoms with E-state index in [-0.39, 0.29) is 5.82 Å². The molecule has 17 heavy (non-hydrogen) atoms. The molecular formula is C11H19FN4O. The molecule has 0 saturated heterocycles. The molecule has 0 unspecified atom stereocenters. The normalized spacial score (nSPS) is 10.9. The predicted molar refractivity (Wildman–Crippen MR) is 64.6 cm³/mol. The van der Waals surface area contributed by atoms with E-state index in [1.165, 1.54) is 6.33 Å². The maximum atomic E-state index is 13.4. The van der Waals surface area contributed by atoms with Crippen molar-refractivity contribution in [3.63, 3.8) is 0 Å². The van der Waals surface area contributed by atoms with Crippen LogP contribution in [0.25, 0.3) is 0 Å². The van der Waals surface area contributed by atoms with Crippen LogP contribution in [0.1, 0.15) is 5.69 Å². The van der Waals surface area contributed by atoms with E-state index >= 15 is 0 Å². The zero-order chi connectivity index (χ0) is 12.7. The van der Waals surface area contributed by atoms with Gasteiger partial charge in [-0.15, -0.1) is 0 Å². The third kappa shape index (κ3) is 5.06. The van der Waals surface area contributed by atoms with Crippen LogP contribution in [-0.2, 0) is 4.74 Å². The number of hydrogen-bond acceptors (Lipinski definition) is 5. The second-order valence-electron chi connectivity index (χ2n) is 3.96. The lowest BCUT2D eigenvalue weighted by molar-refractivity contribution is 0.126. The molecule has 0 aliphatic rings. The zero-order valence-corrected chi connectivity index (χ0v) is 10.5. The molecule has 1 heterocycles. The first kappa shape index (κ1) is 13.8. The molecule has 0 radical (unpaired) electrons. The first-order valence-corrected chi connectivity index (χ1v) is 5.54.